The maximum Gasteiger partial charge on any atom is 0.219 e. The van der Waals surface area contributed by atoms with Crippen molar-refractivity contribution < 1.29 is 14.9 Å². The van der Waals surface area contributed by atoms with Gasteiger partial charge in [0.2, 0.25) is 5.91 Å². The number of rotatable bonds is 8. The van der Waals surface area contributed by atoms with Crippen LogP contribution in [-0.4, -0.2) is 46.8 Å². The Hall–Kier alpha value is -1.92. The molecule has 0 radical (unpaired) electrons. The van der Waals surface area contributed by atoms with Crippen molar-refractivity contribution in [3.8, 4) is 5.75 Å². The Kier molecular flexibility index (Phi) is 6.85. The first kappa shape index (κ1) is 19.8. The summed E-state index contributed by atoms with van der Waals surface area (Å²) in [5.41, 5.74) is 2.56. The number of hydrogen-bond acceptors (Lipinski definition) is 5. The van der Waals surface area contributed by atoms with Crippen LogP contribution in [0.5, 0.6) is 5.75 Å². The average Bonchev–Trinajstić information content (AvgIpc) is 2.64. The molecule has 0 atom stereocenters. The molecule has 5 heteroatoms. The SMILES string of the molecule is CC(O)(O)NC1CCN(Cc2ccc(OCCc3ccccc3)cc2)CC1. The van der Waals surface area contributed by atoms with Crippen LogP contribution >= 0.6 is 0 Å². The van der Waals surface area contributed by atoms with Crippen molar-refractivity contribution in [2.45, 2.75) is 44.7 Å². The lowest BCUT2D eigenvalue weighted by molar-refractivity contribution is -0.178. The minimum atomic E-state index is -1.79. The van der Waals surface area contributed by atoms with Gasteiger partial charge in [-0.3, -0.25) is 10.2 Å². The molecule has 1 aliphatic rings. The van der Waals surface area contributed by atoms with Crippen molar-refractivity contribution in [1.29, 1.82) is 0 Å². The molecule has 3 rings (SSSR count). The van der Waals surface area contributed by atoms with Gasteiger partial charge in [-0.25, -0.2) is 0 Å². The predicted molar refractivity (Wildman–Crippen MR) is 106 cm³/mol. The van der Waals surface area contributed by atoms with Crippen LogP contribution in [0, 0.1) is 0 Å². The zero-order chi connectivity index (χ0) is 19.1. The minimum Gasteiger partial charge on any atom is -0.493 e. The van der Waals surface area contributed by atoms with Gasteiger partial charge in [0.1, 0.15) is 5.75 Å². The number of likely N-dealkylation sites (tertiary alicyclic amines) is 1. The normalized spacial score (nSPS) is 16.4. The molecule has 1 aliphatic heterocycles. The van der Waals surface area contributed by atoms with E-state index in [1.807, 2.05) is 18.2 Å². The number of hydrogen-bond donors (Lipinski definition) is 3. The number of nitrogens with one attached hydrogen (secondary N) is 1. The number of piperidine rings is 1. The van der Waals surface area contributed by atoms with E-state index in [0.29, 0.717) is 6.61 Å². The first-order valence-corrected chi connectivity index (χ1v) is 9.68. The molecule has 2 aromatic rings. The van der Waals surface area contributed by atoms with Gasteiger partial charge in [0, 0.05) is 25.9 Å². The summed E-state index contributed by atoms with van der Waals surface area (Å²) in [5, 5.41) is 21.7. The zero-order valence-corrected chi connectivity index (χ0v) is 16.0. The topological polar surface area (TPSA) is 65.0 Å². The van der Waals surface area contributed by atoms with Gasteiger partial charge in [0.25, 0.3) is 0 Å². The summed E-state index contributed by atoms with van der Waals surface area (Å²) in [6.45, 7) is 4.85. The largest absolute Gasteiger partial charge is 0.493 e. The molecule has 1 saturated heterocycles. The van der Waals surface area contributed by atoms with Crippen LogP contribution in [-0.2, 0) is 13.0 Å². The van der Waals surface area contributed by atoms with Crippen molar-refractivity contribution in [2.24, 2.45) is 0 Å². The summed E-state index contributed by atoms with van der Waals surface area (Å²) < 4.78 is 5.85. The second-order valence-corrected chi connectivity index (χ2v) is 7.44. The van der Waals surface area contributed by atoms with Gasteiger partial charge in [-0.05, 0) is 49.2 Å². The molecule has 0 amide bonds. The second-order valence-electron chi connectivity index (χ2n) is 7.44. The lowest BCUT2D eigenvalue weighted by atomic mass is 10.0. The number of aliphatic hydroxyl groups is 2. The molecule has 27 heavy (non-hydrogen) atoms. The Balaban J connectivity index is 1.39. The van der Waals surface area contributed by atoms with Crippen LogP contribution in [0.15, 0.2) is 54.6 Å². The summed E-state index contributed by atoms with van der Waals surface area (Å²) >= 11 is 0. The van der Waals surface area contributed by atoms with Gasteiger partial charge >= 0.3 is 0 Å². The standard InChI is InChI=1S/C22H30N2O3/c1-22(25,26)23-20-11-14-24(15-12-20)17-19-7-9-21(10-8-19)27-16-13-18-5-3-2-4-6-18/h2-10,20,23,25-26H,11-17H2,1H3. The molecule has 0 spiro atoms. The molecule has 0 saturated carbocycles. The van der Waals surface area contributed by atoms with Gasteiger partial charge in [0.15, 0.2) is 0 Å². The third-order valence-electron chi connectivity index (χ3n) is 4.90. The Labute approximate surface area is 161 Å². The third kappa shape index (κ3) is 6.96. The number of ether oxygens (including phenoxy) is 1. The van der Waals surface area contributed by atoms with E-state index in [1.165, 1.54) is 18.1 Å². The van der Waals surface area contributed by atoms with Crippen LogP contribution in [0.4, 0.5) is 0 Å². The molecule has 0 unspecified atom stereocenters. The van der Waals surface area contributed by atoms with Crippen molar-refractivity contribution in [2.75, 3.05) is 19.7 Å². The highest BCUT2D eigenvalue weighted by Gasteiger charge is 2.25. The summed E-state index contributed by atoms with van der Waals surface area (Å²) in [6, 6.07) is 18.8. The molecule has 5 nitrogen and oxygen atoms in total. The zero-order valence-electron chi connectivity index (χ0n) is 16.0. The van der Waals surface area contributed by atoms with E-state index in [-0.39, 0.29) is 6.04 Å². The molecule has 1 fully saturated rings. The first-order chi connectivity index (χ1) is 13.0. The summed E-state index contributed by atoms with van der Waals surface area (Å²) in [6.07, 6.45) is 2.74. The molecule has 0 aromatic heterocycles. The average molecular weight is 370 g/mol. The molecule has 1 heterocycles. The summed E-state index contributed by atoms with van der Waals surface area (Å²) in [7, 11) is 0. The Bertz CT molecular complexity index is 675. The van der Waals surface area contributed by atoms with E-state index in [9.17, 15) is 10.2 Å². The van der Waals surface area contributed by atoms with E-state index < -0.39 is 5.91 Å². The van der Waals surface area contributed by atoms with E-state index in [0.717, 1.165) is 44.6 Å². The Morgan fingerprint density at radius 3 is 2.30 bits per heavy atom. The van der Waals surface area contributed by atoms with E-state index in [1.54, 1.807) is 0 Å². The van der Waals surface area contributed by atoms with Gasteiger partial charge in [0.05, 0.1) is 6.61 Å². The lowest BCUT2D eigenvalue weighted by Gasteiger charge is -2.34. The third-order valence-corrected chi connectivity index (χ3v) is 4.90. The summed E-state index contributed by atoms with van der Waals surface area (Å²) in [4.78, 5) is 2.40. The number of nitrogens with zero attached hydrogens (tertiary/aromatic N) is 1. The quantitative estimate of drug-likeness (QED) is 0.623. The molecular formula is C22H30N2O3. The van der Waals surface area contributed by atoms with Gasteiger partial charge in [-0.2, -0.15) is 0 Å². The van der Waals surface area contributed by atoms with Gasteiger partial charge in [-0.15, -0.1) is 0 Å². The molecule has 0 bridgehead atoms. The van der Waals surface area contributed by atoms with Crippen LogP contribution in [0.1, 0.15) is 30.9 Å². The van der Waals surface area contributed by atoms with Crippen molar-refractivity contribution in [3.05, 3.63) is 65.7 Å². The molecule has 0 aliphatic carbocycles. The van der Waals surface area contributed by atoms with Crippen molar-refractivity contribution in [1.82, 2.24) is 10.2 Å². The molecule has 2 aromatic carbocycles. The van der Waals surface area contributed by atoms with E-state index in [2.05, 4.69) is 46.6 Å². The maximum atomic E-state index is 9.44. The fourth-order valence-electron chi connectivity index (χ4n) is 3.50. The van der Waals surface area contributed by atoms with Crippen molar-refractivity contribution >= 4 is 0 Å². The fourth-order valence-corrected chi connectivity index (χ4v) is 3.50. The summed E-state index contributed by atoms with van der Waals surface area (Å²) in [5.74, 6) is -0.883. The van der Waals surface area contributed by atoms with Crippen LogP contribution in [0.2, 0.25) is 0 Å². The number of benzene rings is 2. The monoisotopic (exact) mass is 370 g/mol. The first-order valence-electron chi connectivity index (χ1n) is 9.68. The van der Waals surface area contributed by atoms with Crippen molar-refractivity contribution in [3.63, 3.8) is 0 Å². The fraction of sp³-hybridized carbons (Fsp3) is 0.455. The highest BCUT2D eigenvalue weighted by atomic mass is 16.5. The second kappa shape index (κ2) is 9.33. The molecule has 3 N–H and O–H groups in total. The molecular weight excluding hydrogens is 340 g/mol. The highest BCUT2D eigenvalue weighted by Crippen LogP contribution is 2.18. The van der Waals surface area contributed by atoms with Crippen LogP contribution in [0.3, 0.4) is 0 Å². The highest BCUT2D eigenvalue weighted by molar-refractivity contribution is 5.27. The minimum absolute atomic E-state index is 0.154. The lowest BCUT2D eigenvalue weighted by Crippen LogP contribution is -2.52. The van der Waals surface area contributed by atoms with Crippen LogP contribution < -0.4 is 10.1 Å². The van der Waals surface area contributed by atoms with E-state index in [4.69, 9.17) is 4.74 Å². The Morgan fingerprint density at radius 1 is 1.00 bits per heavy atom. The maximum absolute atomic E-state index is 9.44. The smallest absolute Gasteiger partial charge is 0.219 e. The predicted octanol–water partition coefficient (Wildman–Crippen LogP) is 2.52. The Morgan fingerprint density at radius 2 is 1.67 bits per heavy atom. The molecule has 146 valence electrons. The van der Waals surface area contributed by atoms with Gasteiger partial charge < -0.3 is 14.9 Å². The van der Waals surface area contributed by atoms with Gasteiger partial charge in [-0.1, -0.05) is 42.5 Å². The van der Waals surface area contributed by atoms with E-state index >= 15 is 0 Å². The van der Waals surface area contributed by atoms with Crippen LogP contribution in [0.25, 0.3) is 0 Å².